The van der Waals surface area contributed by atoms with Crippen molar-refractivity contribution >= 4 is 28.9 Å². The molecule has 2 amide bonds. The number of piperazine rings is 1. The van der Waals surface area contributed by atoms with Gasteiger partial charge in [0.25, 0.3) is 0 Å². The molecule has 2 aromatic heterocycles. The van der Waals surface area contributed by atoms with E-state index in [1.165, 1.54) is 18.5 Å². The number of likely N-dealkylation sites (tertiary alicyclic amines) is 1. The first-order valence-corrected chi connectivity index (χ1v) is 16.0. The van der Waals surface area contributed by atoms with Gasteiger partial charge in [0.05, 0.1) is 12.1 Å². The van der Waals surface area contributed by atoms with Crippen molar-refractivity contribution in [2.75, 3.05) is 57.9 Å². The van der Waals surface area contributed by atoms with E-state index in [1.807, 2.05) is 47.4 Å². The lowest BCUT2D eigenvalue weighted by Crippen LogP contribution is -2.50. The van der Waals surface area contributed by atoms with Crippen LogP contribution in [0.1, 0.15) is 25.6 Å². The van der Waals surface area contributed by atoms with E-state index >= 15 is 0 Å². The van der Waals surface area contributed by atoms with Gasteiger partial charge in [-0.2, -0.15) is 5.10 Å². The van der Waals surface area contributed by atoms with Crippen LogP contribution in [0.4, 0.5) is 5.69 Å². The Balaban J connectivity index is 0.000000168. The van der Waals surface area contributed by atoms with Gasteiger partial charge < -0.3 is 24.6 Å². The maximum absolute atomic E-state index is 12.5. The van der Waals surface area contributed by atoms with Crippen molar-refractivity contribution in [2.24, 2.45) is 0 Å². The first kappa shape index (κ1) is 31.7. The zero-order chi connectivity index (χ0) is 32.4. The number of carbonyl (C=O) groups is 2. The number of aromatic nitrogens is 4. The van der Waals surface area contributed by atoms with Crippen LogP contribution in [0.2, 0.25) is 0 Å². The number of hydrogen-bond donors (Lipinski definition) is 2. The van der Waals surface area contributed by atoms with Gasteiger partial charge in [0.2, 0.25) is 19.1 Å². The van der Waals surface area contributed by atoms with E-state index in [0.717, 1.165) is 85.1 Å². The van der Waals surface area contributed by atoms with Crippen molar-refractivity contribution in [1.82, 2.24) is 34.9 Å². The lowest BCUT2D eigenvalue weighted by atomic mass is 10.1. The van der Waals surface area contributed by atoms with Gasteiger partial charge in [-0.1, -0.05) is 12.2 Å². The van der Waals surface area contributed by atoms with Crippen LogP contribution in [0.25, 0.3) is 22.2 Å². The summed E-state index contributed by atoms with van der Waals surface area (Å²) in [4.78, 5) is 38.1. The fourth-order valence-corrected chi connectivity index (χ4v) is 5.99. The molecule has 244 valence electrons. The van der Waals surface area contributed by atoms with E-state index in [9.17, 15) is 9.59 Å². The molecule has 2 aromatic carbocycles. The van der Waals surface area contributed by atoms with Gasteiger partial charge in [0.1, 0.15) is 11.5 Å². The van der Waals surface area contributed by atoms with Crippen LogP contribution in [0, 0.1) is 0 Å². The van der Waals surface area contributed by atoms with E-state index in [0.29, 0.717) is 18.7 Å². The number of carbonyl (C=O) groups excluding carboxylic acids is 2. The smallest absolute Gasteiger partial charge is 0.236 e. The number of nitrogens with one attached hydrogen (secondary N) is 2. The molecular weight excluding hydrogens is 596 g/mol. The van der Waals surface area contributed by atoms with E-state index in [1.54, 1.807) is 12.4 Å². The summed E-state index contributed by atoms with van der Waals surface area (Å²) >= 11 is 0. The molecule has 0 spiro atoms. The third kappa shape index (κ3) is 7.95. The SMILES string of the molecule is C/C=C(\C=C/Cc1ncccn1)N1CCN(C(=O)CN2CCCC2)CC1.O=CNc1ccc2[nH]nc(-c3ccc4c(c3)OCO4)c2c1. The highest BCUT2D eigenvalue weighted by atomic mass is 16.7. The summed E-state index contributed by atoms with van der Waals surface area (Å²) in [7, 11) is 0. The molecule has 4 aromatic rings. The molecule has 5 heterocycles. The van der Waals surface area contributed by atoms with Gasteiger partial charge in [-0.05, 0) is 81.4 Å². The summed E-state index contributed by atoms with van der Waals surface area (Å²) in [6, 6.07) is 13.1. The summed E-state index contributed by atoms with van der Waals surface area (Å²) in [5, 5.41) is 10.9. The number of benzene rings is 2. The molecule has 3 aliphatic rings. The molecule has 3 aliphatic heterocycles. The molecule has 12 nitrogen and oxygen atoms in total. The number of hydrogen-bond acceptors (Lipinski definition) is 9. The zero-order valence-corrected chi connectivity index (χ0v) is 26.6. The highest BCUT2D eigenvalue weighted by molar-refractivity contribution is 5.96. The number of allylic oxidation sites excluding steroid dienone is 3. The molecule has 12 heteroatoms. The Morgan fingerprint density at radius 3 is 2.49 bits per heavy atom. The quantitative estimate of drug-likeness (QED) is 0.205. The van der Waals surface area contributed by atoms with Crippen molar-refractivity contribution < 1.29 is 19.1 Å². The normalized spacial score (nSPS) is 16.4. The monoisotopic (exact) mass is 636 g/mol. The number of aromatic amines is 1. The largest absolute Gasteiger partial charge is 0.454 e. The molecular formula is C35H40N8O4. The minimum atomic E-state index is 0.244. The Hall–Kier alpha value is -5.23. The van der Waals surface area contributed by atoms with Crippen LogP contribution in [-0.2, 0) is 16.0 Å². The number of fused-ring (bicyclic) bond motifs is 2. The first-order valence-electron chi connectivity index (χ1n) is 16.0. The van der Waals surface area contributed by atoms with Gasteiger partial charge >= 0.3 is 0 Å². The minimum Gasteiger partial charge on any atom is -0.454 e. The van der Waals surface area contributed by atoms with Gasteiger partial charge in [-0.3, -0.25) is 19.6 Å². The third-order valence-corrected chi connectivity index (χ3v) is 8.49. The molecule has 0 saturated carbocycles. The zero-order valence-electron chi connectivity index (χ0n) is 26.6. The number of ether oxygens (including phenoxy) is 2. The molecule has 0 atom stereocenters. The number of rotatable bonds is 9. The lowest BCUT2D eigenvalue weighted by Gasteiger charge is -2.37. The predicted molar refractivity (Wildman–Crippen MR) is 180 cm³/mol. The summed E-state index contributed by atoms with van der Waals surface area (Å²) in [6.07, 6.45) is 13.8. The Kier molecular flexibility index (Phi) is 10.4. The molecule has 2 N–H and O–H groups in total. The lowest BCUT2D eigenvalue weighted by molar-refractivity contribution is -0.133. The molecule has 0 bridgehead atoms. The molecule has 7 rings (SSSR count). The summed E-state index contributed by atoms with van der Waals surface area (Å²) in [6.45, 7) is 8.42. The van der Waals surface area contributed by atoms with E-state index in [2.05, 4.69) is 60.4 Å². The Morgan fingerprint density at radius 2 is 1.72 bits per heavy atom. The standard InChI is InChI=1S/C20H29N5O.C15H11N3O3/c1-2-18(7-5-8-19-21-9-6-10-22-19)24-13-15-25(16-14-24)20(26)17-23-11-3-4-12-23;19-7-16-10-2-3-12-11(6-10)15(18-17-12)9-1-4-13-14(5-9)21-8-20-13/h2,5-7,9-10H,3-4,8,11-17H2,1H3;1-7H,8H2,(H,16,19)(H,17,18)/b7-5-,18-2+;. The predicted octanol–water partition coefficient (Wildman–Crippen LogP) is 4.25. The second kappa shape index (κ2) is 15.4. The van der Waals surface area contributed by atoms with Crippen LogP contribution >= 0.6 is 0 Å². The van der Waals surface area contributed by atoms with Gasteiger partial charge in [-0.25, -0.2) is 9.97 Å². The number of anilines is 1. The van der Waals surface area contributed by atoms with Crippen molar-refractivity contribution in [1.29, 1.82) is 0 Å². The number of amides is 2. The maximum atomic E-state index is 12.5. The molecule has 0 radical (unpaired) electrons. The molecule has 0 aliphatic carbocycles. The third-order valence-electron chi connectivity index (χ3n) is 8.49. The van der Waals surface area contributed by atoms with Crippen LogP contribution in [0.3, 0.4) is 0 Å². The van der Waals surface area contributed by atoms with Crippen molar-refractivity contribution in [3.63, 3.8) is 0 Å². The van der Waals surface area contributed by atoms with Crippen molar-refractivity contribution in [3.8, 4) is 22.8 Å². The van der Waals surface area contributed by atoms with Crippen molar-refractivity contribution in [2.45, 2.75) is 26.2 Å². The molecule has 0 unspecified atom stereocenters. The Labute approximate surface area is 274 Å². The summed E-state index contributed by atoms with van der Waals surface area (Å²) in [5.41, 5.74) is 4.55. The van der Waals surface area contributed by atoms with Crippen LogP contribution < -0.4 is 14.8 Å². The summed E-state index contributed by atoms with van der Waals surface area (Å²) in [5.74, 6) is 2.56. The van der Waals surface area contributed by atoms with E-state index in [-0.39, 0.29) is 12.7 Å². The summed E-state index contributed by atoms with van der Waals surface area (Å²) < 4.78 is 10.7. The number of H-pyrrole nitrogens is 1. The second-order valence-corrected chi connectivity index (χ2v) is 11.5. The van der Waals surface area contributed by atoms with Crippen molar-refractivity contribution in [3.05, 3.63) is 84.6 Å². The topological polar surface area (TPSA) is 129 Å². The highest BCUT2D eigenvalue weighted by Gasteiger charge is 2.24. The minimum absolute atomic E-state index is 0.244. The fourth-order valence-electron chi connectivity index (χ4n) is 5.99. The maximum Gasteiger partial charge on any atom is 0.236 e. The van der Waals surface area contributed by atoms with Crippen LogP contribution in [0.5, 0.6) is 11.5 Å². The second-order valence-electron chi connectivity index (χ2n) is 11.5. The van der Waals surface area contributed by atoms with Gasteiger partial charge in [0, 0.05) is 67.3 Å². The van der Waals surface area contributed by atoms with Gasteiger partial charge in [-0.15, -0.1) is 0 Å². The van der Waals surface area contributed by atoms with Gasteiger partial charge in [0.15, 0.2) is 11.5 Å². The van der Waals surface area contributed by atoms with Crippen LogP contribution in [0.15, 0.2) is 78.8 Å². The highest BCUT2D eigenvalue weighted by Crippen LogP contribution is 2.37. The first-order chi connectivity index (χ1) is 23.1. The molecule has 2 saturated heterocycles. The van der Waals surface area contributed by atoms with E-state index < -0.39 is 0 Å². The Morgan fingerprint density at radius 1 is 0.957 bits per heavy atom. The fraction of sp³-hybridized carbons (Fsp3) is 0.343. The molecule has 2 fully saturated rings. The average Bonchev–Trinajstić information content (AvgIpc) is 3.89. The average molecular weight is 637 g/mol. The number of nitrogens with zero attached hydrogens (tertiary/aromatic N) is 6. The van der Waals surface area contributed by atoms with Crippen LogP contribution in [-0.4, -0.2) is 99.8 Å². The van der Waals surface area contributed by atoms with E-state index in [4.69, 9.17) is 9.47 Å². The molecule has 47 heavy (non-hydrogen) atoms. The Bertz CT molecular complexity index is 1720.